The van der Waals surface area contributed by atoms with Gasteiger partial charge in [0, 0.05) is 6.54 Å². The molecule has 0 saturated carbocycles. The van der Waals surface area contributed by atoms with Crippen LogP contribution in [0.2, 0.25) is 5.02 Å². The van der Waals surface area contributed by atoms with Crippen LogP contribution in [0.5, 0.6) is 5.75 Å². The molecule has 0 aliphatic rings. The summed E-state index contributed by atoms with van der Waals surface area (Å²) in [7, 11) is 1.63. The molecule has 0 aliphatic carbocycles. The number of nitrogens with one attached hydrogen (secondary N) is 1. The monoisotopic (exact) mass is 341 g/mol. The first-order valence-electron chi connectivity index (χ1n) is 7.39. The first-order valence-corrected chi connectivity index (χ1v) is 7.77. The van der Waals surface area contributed by atoms with Gasteiger partial charge in [0.05, 0.1) is 24.7 Å². The lowest BCUT2D eigenvalue weighted by atomic mass is 10.2. The fourth-order valence-electron chi connectivity index (χ4n) is 2.25. The molecule has 0 saturated heterocycles. The van der Waals surface area contributed by atoms with E-state index in [0.717, 1.165) is 11.3 Å². The van der Waals surface area contributed by atoms with Crippen molar-refractivity contribution in [1.29, 1.82) is 0 Å². The number of halogens is 1. The van der Waals surface area contributed by atoms with E-state index >= 15 is 0 Å². The molecule has 122 valence electrons. The Labute approximate surface area is 144 Å². The molecule has 0 aliphatic heterocycles. The molecule has 0 radical (unpaired) electrons. The topological polar surface area (TPSA) is 56.1 Å². The van der Waals surface area contributed by atoms with Gasteiger partial charge < -0.3 is 10.1 Å². The number of hydrogen-bond acceptors (Lipinski definition) is 4. The lowest BCUT2D eigenvalue weighted by Gasteiger charge is -2.10. The van der Waals surface area contributed by atoms with E-state index in [1.807, 2.05) is 42.5 Å². The third-order valence-electron chi connectivity index (χ3n) is 3.56. The van der Waals surface area contributed by atoms with Crippen molar-refractivity contribution in [2.75, 3.05) is 12.4 Å². The Morgan fingerprint density at radius 3 is 2.50 bits per heavy atom. The van der Waals surface area contributed by atoms with Crippen LogP contribution in [0.25, 0.3) is 5.69 Å². The summed E-state index contributed by atoms with van der Waals surface area (Å²) >= 11 is 6.21. The normalized spacial score (nSPS) is 10.4. The van der Waals surface area contributed by atoms with Crippen LogP contribution in [0.15, 0.2) is 65.6 Å². The molecule has 0 bridgehead atoms. The van der Waals surface area contributed by atoms with E-state index in [9.17, 15) is 4.79 Å². The summed E-state index contributed by atoms with van der Waals surface area (Å²) in [5.74, 6) is 0.795. The molecule has 2 aromatic carbocycles. The Balaban J connectivity index is 1.79. The highest BCUT2D eigenvalue weighted by molar-refractivity contribution is 6.32. The predicted octanol–water partition coefficient (Wildman–Crippen LogP) is 3.51. The van der Waals surface area contributed by atoms with Crippen molar-refractivity contribution in [3.8, 4) is 11.4 Å². The van der Waals surface area contributed by atoms with Crippen molar-refractivity contribution >= 4 is 17.3 Å². The van der Waals surface area contributed by atoms with Crippen molar-refractivity contribution in [3.63, 3.8) is 0 Å². The smallest absolute Gasteiger partial charge is 0.292 e. The first kappa shape index (κ1) is 16.1. The van der Waals surface area contributed by atoms with Gasteiger partial charge in [-0.05, 0) is 29.8 Å². The lowest BCUT2D eigenvalue weighted by molar-refractivity contribution is 0.414. The summed E-state index contributed by atoms with van der Waals surface area (Å²) < 4.78 is 6.41. The van der Waals surface area contributed by atoms with Gasteiger partial charge in [0.2, 0.25) is 0 Å². The molecule has 5 nitrogen and oxygen atoms in total. The molecule has 3 aromatic rings. The van der Waals surface area contributed by atoms with E-state index in [2.05, 4.69) is 10.4 Å². The Morgan fingerprint density at radius 1 is 1.12 bits per heavy atom. The van der Waals surface area contributed by atoms with Gasteiger partial charge in [-0.25, -0.2) is 0 Å². The van der Waals surface area contributed by atoms with Crippen LogP contribution in [0, 0.1) is 0 Å². The minimum atomic E-state index is -0.359. The molecule has 1 N–H and O–H groups in total. The molecule has 0 fully saturated rings. The number of rotatable bonds is 5. The number of nitrogens with zero attached hydrogens (tertiary/aromatic N) is 2. The number of hydrogen-bond donors (Lipinski definition) is 1. The van der Waals surface area contributed by atoms with E-state index < -0.39 is 0 Å². The number of anilines is 1. The minimum absolute atomic E-state index is 0.113. The van der Waals surface area contributed by atoms with Gasteiger partial charge in [0.25, 0.3) is 5.56 Å². The summed E-state index contributed by atoms with van der Waals surface area (Å²) in [6.45, 7) is 0.528. The molecule has 24 heavy (non-hydrogen) atoms. The third kappa shape index (κ3) is 3.41. The van der Waals surface area contributed by atoms with Gasteiger partial charge >= 0.3 is 0 Å². The maximum Gasteiger partial charge on any atom is 0.292 e. The molecule has 0 spiro atoms. The summed E-state index contributed by atoms with van der Waals surface area (Å²) in [5.41, 5.74) is 1.86. The molecule has 1 heterocycles. The predicted molar refractivity (Wildman–Crippen MR) is 95.2 cm³/mol. The average Bonchev–Trinajstić information content (AvgIpc) is 2.64. The Morgan fingerprint density at radius 2 is 1.83 bits per heavy atom. The number of para-hydroxylation sites is 1. The van der Waals surface area contributed by atoms with Crippen LogP contribution in [-0.2, 0) is 6.54 Å². The maximum absolute atomic E-state index is 12.4. The molecule has 6 heteroatoms. The van der Waals surface area contributed by atoms with Gasteiger partial charge in [-0.15, -0.1) is 0 Å². The number of aromatic nitrogens is 2. The van der Waals surface area contributed by atoms with E-state index in [1.54, 1.807) is 25.4 Å². The van der Waals surface area contributed by atoms with Crippen molar-refractivity contribution < 1.29 is 4.74 Å². The highest BCUT2D eigenvalue weighted by atomic mass is 35.5. The van der Waals surface area contributed by atoms with Crippen LogP contribution in [0.4, 0.5) is 5.69 Å². The van der Waals surface area contributed by atoms with Crippen molar-refractivity contribution in [1.82, 2.24) is 9.78 Å². The Bertz CT molecular complexity index is 877. The van der Waals surface area contributed by atoms with Crippen LogP contribution in [0.1, 0.15) is 5.56 Å². The fourth-order valence-corrected chi connectivity index (χ4v) is 2.45. The molecule has 3 rings (SSSR count). The van der Waals surface area contributed by atoms with Crippen molar-refractivity contribution in [2.45, 2.75) is 6.54 Å². The van der Waals surface area contributed by atoms with E-state index in [4.69, 9.17) is 16.3 Å². The van der Waals surface area contributed by atoms with E-state index in [1.165, 1.54) is 4.68 Å². The van der Waals surface area contributed by atoms with E-state index in [-0.39, 0.29) is 10.6 Å². The maximum atomic E-state index is 12.4. The average molecular weight is 342 g/mol. The van der Waals surface area contributed by atoms with Gasteiger partial charge in [-0.1, -0.05) is 41.9 Å². The molecule has 0 amide bonds. The van der Waals surface area contributed by atoms with Gasteiger partial charge in [-0.3, -0.25) is 4.79 Å². The van der Waals surface area contributed by atoms with Crippen LogP contribution >= 0.6 is 11.6 Å². The fraction of sp³-hybridized carbons (Fsp3) is 0.111. The minimum Gasteiger partial charge on any atom is -0.497 e. The zero-order chi connectivity index (χ0) is 16.9. The highest BCUT2D eigenvalue weighted by Gasteiger charge is 2.10. The number of benzene rings is 2. The molecular weight excluding hydrogens is 326 g/mol. The van der Waals surface area contributed by atoms with Gasteiger partial charge in [0.15, 0.2) is 0 Å². The molecular formula is C18H16ClN3O2. The SMILES string of the molecule is COc1ccc(CNc2cnn(-c3ccccc3)c(=O)c2Cl)cc1. The van der Waals surface area contributed by atoms with Crippen LogP contribution in [-0.4, -0.2) is 16.9 Å². The molecule has 1 aromatic heterocycles. The van der Waals surface area contributed by atoms with Crippen LogP contribution < -0.4 is 15.6 Å². The standard InChI is InChI=1S/C18H16ClN3O2/c1-24-15-9-7-13(8-10-15)11-20-16-12-21-22(18(23)17(16)19)14-5-3-2-4-6-14/h2-10,12,20H,11H2,1H3. The second-order valence-electron chi connectivity index (χ2n) is 5.13. The zero-order valence-corrected chi connectivity index (χ0v) is 13.8. The molecule has 0 atom stereocenters. The summed E-state index contributed by atoms with van der Waals surface area (Å²) in [4.78, 5) is 12.4. The second-order valence-corrected chi connectivity index (χ2v) is 5.50. The Kier molecular flexibility index (Phi) is 4.82. The summed E-state index contributed by atoms with van der Waals surface area (Å²) in [6, 6.07) is 16.8. The summed E-state index contributed by atoms with van der Waals surface area (Å²) in [6.07, 6.45) is 1.56. The van der Waals surface area contributed by atoms with Gasteiger partial charge in [0.1, 0.15) is 10.8 Å². The van der Waals surface area contributed by atoms with Crippen molar-refractivity contribution in [3.05, 3.63) is 81.7 Å². The third-order valence-corrected chi connectivity index (χ3v) is 3.93. The lowest BCUT2D eigenvalue weighted by Crippen LogP contribution is -2.22. The summed E-state index contributed by atoms with van der Waals surface area (Å²) in [5, 5.41) is 7.44. The zero-order valence-electron chi connectivity index (χ0n) is 13.1. The highest BCUT2D eigenvalue weighted by Crippen LogP contribution is 2.18. The number of ether oxygens (including phenoxy) is 1. The number of methoxy groups -OCH3 is 1. The first-order chi connectivity index (χ1) is 11.7. The molecule has 0 unspecified atom stereocenters. The van der Waals surface area contributed by atoms with Crippen molar-refractivity contribution in [2.24, 2.45) is 0 Å². The van der Waals surface area contributed by atoms with Gasteiger partial charge in [-0.2, -0.15) is 9.78 Å². The largest absolute Gasteiger partial charge is 0.497 e. The van der Waals surface area contributed by atoms with E-state index in [0.29, 0.717) is 17.9 Å². The van der Waals surface area contributed by atoms with Crippen LogP contribution in [0.3, 0.4) is 0 Å². The quantitative estimate of drug-likeness (QED) is 0.771. The second kappa shape index (κ2) is 7.19. The Hall–Kier alpha value is -2.79.